The van der Waals surface area contributed by atoms with E-state index in [4.69, 9.17) is 9.15 Å². The summed E-state index contributed by atoms with van der Waals surface area (Å²) in [5, 5.41) is 3.59. The van der Waals surface area contributed by atoms with Crippen LogP contribution in [0.4, 0.5) is 5.69 Å². The van der Waals surface area contributed by atoms with Crippen LogP contribution in [0, 0.1) is 5.92 Å². The molecule has 2 atom stereocenters. The zero-order valence-electron chi connectivity index (χ0n) is 14.6. The Morgan fingerprint density at radius 3 is 2.46 bits per heavy atom. The van der Waals surface area contributed by atoms with Crippen LogP contribution in [-0.4, -0.2) is 12.0 Å². The first-order chi connectivity index (χ1) is 12.6. The number of anilines is 1. The fourth-order valence-corrected chi connectivity index (χ4v) is 3.54. The van der Waals surface area contributed by atoms with E-state index in [1.54, 1.807) is 12.1 Å². The van der Waals surface area contributed by atoms with Crippen LogP contribution >= 0.6 is 0 Å². The second kappa shape index (κ2) is 6.33. The summed E-state index contributed by atoms with van der Waals surface area (Å²) in [4.78, 5) is 25.5. The third-order valence-electron chi connectivity index (χ3n) is 4.72. The van der Waals surface area contributed by atoms with Gasteiger partial charge >= 0.3 is 5.63 Å². The third-order valence-corrected chi connectivity index (χ3v) is 4.72. The summed E-state index contributed by atoms with van der Waals surface area (Å²) in [6.07, 6.45) is -0.779. The fraction of sp³-hybridized carbons (Fsp3) is 0.238. The van der Waals surface area contributed by atoms with Crippen LogP contribution in [0.15, 0.2) is 63.8 Å². The molecule has 2 unspecified atom stereocenters. The van der Waals surface area contributed by atoms with Gasteiger partial charge in [0.25, 0.3) is 5.91 Å². The number of nitrogens with one attached hydrogen (secondary N) is 1. The molecule has 1 amide bonds. The molecule has 0 bridgehead atoms. The standard InChI is InChI=1S/C21H19NO4/c1-12(2)16-17-18(14-10-6-7-11-15(14)25-21(17)24)26-19(16)20(23)22-13-8-4-3-5-9-13/h3-12,16,19H,1-2H3,(H,22,23). The molecule has 26 heavy (non-hydrogen) atoms. The van der Waals surface area contributed by atoms with E-state index in [1.807, 2.05) is 56.3 Å². The summed E-state index contributed by atoms with van der Waals surface area (Å²) in [6.45, 7) is 3.95. The van der Waals surface area contributed by atoms with Crippen molar-refractivity contribution in [3.8, 4) is 5.75 Å². The van der Waals surface area contributed by atoms with Crippen LogP contribution in [0.25, 0.3) is 11.0 Å². The van der Waals surface area contributed by atoms with Gasteiger partial charge in [0.1, 0.15) is 11.3 Å². The Morgan fingerprint density at radius 1 is 1.04 bits per heavy atom. The zero-order chi connectivity index (χ0) is 18.3. The maximum atomic E-state index is 12.9. The van der Waals surface area contributed by atoms with Crippen molar-refractivity contribution >= 4 is 22.6 Å². The van der Waals surface area contributed by atoms with Crippen molar-refractivity contribution in [1.82, 2.24) is 0 Å². The van der Waals surface area contributed by atoms with E-state index in [2.05, 4.69) is 5.32 Å². The van der Waals surface area contributed by atoms with Crippen molar-refractivity contribution in [2.24, 2.45) is 5.92 Å². The van der Waals surface area contributed by atoms with E-state index in [-0.39, 0.29) is 17.7 Å². The average Bonchev–Trinajstić information content (AvgIpc) is 3.05. The van der Waals surface area contributed by atoms with E-state index >= 15 is 0 Å². The van der Waals surface area contributed by atoms with Gasteiger partial charge in [-0.05, 0) is 30.2 Å². The number of benzene rings is 2. The zero-order valence-corrected chi connectivity index (χ0v) is 14.6. The van der Waals surface area contributed by atoms with Crippen LogP contribution in [0.2, 0.25) is 0 Å². The van der Waals surface area contributed by atoms with Crippen molar-refractivity contribution in [1.29, 1.82) is 0 Å². The minimum Gasteiger partial charge on any atom is -0.479 e. The molecule has 1 aliphatic heterocycles. The lowest BCUT2D eigenvalue weighted by Crippen LogP contribution is -2.37. The number of carbonyl (C=O) groups excluding carboxylic acids is 1. The van der Waals surface area contributed by atoms with Gasteiger partial charge in [-0.25, -0.2) is 4.79 Å². The van der Waals surface area contributed by atoms with Crippen molar-refractivity contribution in [3.63, 3.8) is 0 Å². The highest BCUT2D eigenvalue weighted by atomic mass is 16.5. The highest BCUT2D eigenvalue weighted by molar-refractivity contribution is 5.97. The number of fused-ring (bicyclic) bond motifs is 3. The van der Waals surface area contributed by atoms with Gasteiger partial charge in [-0.2, -0.15) is 0 Å². The van der Waals surface area contributed by atoms with E-state index in [1.165, 1.54) is 0 Å². The molecule has 0 saturated heterocycles. The van der Waals surface area contributed by atoms with Crippen molar-refractivity contribution < 1.29 is 13.9 Å². The van der Waals surface area contributed by atoms with Gasteiger partial charge in [0.05, 0.1) is 10.9 Å². The first-order valence-corrected chi connectivity index (χ1v) is 8.64. The first-order valence-electron chi connectivity index (χ1n) is 8.64. The normalized spacial score (nSPS) is 18.6. The lowest BCUT2D eigenvalue weighted by Gasteiger charge is -2.21. The maximum Gasteiger partial charge on any atom is 0.343 e. The average molecular weight is 349 g/mol. The number of rotatable bonds is 3. The minimum absolute atomic E-state index is 0.0341. The minimum atomic E-state index is -0.779. The molecule has 132 valence electrons. The number of ether oxygens (including phenoxy) is 1. The molecule has 4 rings (SSSR count). The molecule has 0 spiro atoms. The molecule has 0 radical (unpaired) electrons. The Bertz CT molecular complexity index is 1020. The quantitative estimate of drug-likeness (QED) is 0.728. The Labute approximate surface area is 150 Å². The van der Waals surface area contributed by atoms with Gasteiger partial charge in [-0.3, -0.25) is 4.79 Å². The summed E-state index contributed by atoms with van der Waals surface area (Å²) in [7, 11) is 0. The number of amides is 1. The molecule has 5 nitrogen and oxygen atoms in total. The predicted molar refractivity (Wildman–Crippen MR) is 99.6 cm³/mol. The molecule has 5 heteroatoms. The van der Waals surface area contributed by atoms with Crippen molar-refractivity contribution in [2.75, 3.05) is 5.32 Å². The smallest absolute Gasteiger partial charge is 0.343 e. The molecule has 2 heterocycles. The Hall–Kier alpha value is -3.08. The van der Waals surface area contributed by atoms with Crippen molar-refractivity contribution in [2.45, 2.75) is 25.9 Å². The number of carbonyl (C=O) groups is 1. The topological polar surface area (TPSA) is 68.5 Å². The second-order valence-electron chi connectivity index (χ2n) is 6.79. The number of hydrogen-bond donors (Lipinski definition) is 1. The third kappa shape index (κ3) is 2.65. The molecule has 3 aromatic rings. The van der Waals surface area contributed by atoms with Gasteiger partial charge < -0.3 is 14.5 Å². The van der Waals surface area contributed by atoms with Gasteiger partial charge in [0.2, 0.25) is 0 Å². The van der Waals surface area contributed by atoms with Crippen LogP contribution in [0.3, 0.4) is 0 Å². The highest BCUT2D eigenvalue weighted by Crippen LogP contribution is 2.44. The lowest BCUT2D eigenvalue weighted by atomic mass is 9.85. The Morgan fingerprint density at radius 2 is 1.73 bits per heavy atom. The predicted octanol–water partition coefficient (Wildman–Crippen LogP) is 3.93. The molecule has 2 aromatic carbocycles. The van der Waals surface area contributed by atoms with Crippen LogP contribution in [-0.2, 0) is 4.79 Å². The van der Waals surface area contributed by atoms with E-state index in [0.717, 1.165) is 0 Å². The first kappa shape index (κ1) is 16.4. The lowest BCUT2D eigenvalue weighted by molar-refractivity contribution is -0.123. The van der Waals surface area contributed by atoms with Gasteiger partial charge in [-0.1, -0.05) is 44.2 Å². The van der Waals surface area contributed by atoms with Crippen LogP contribution < -0.4 is 15.7 Å². The molecule has 0 saturated carbocycles. The van der Waals surface area contributed by atoms with Crippen LogP contribution in [0.1, 0.15) is 25.3 Å². The summed E-state index contributed by atoms with van der Waals surface area (Å²) < 4.78 is 11.5. The molecule has 0 aliphatic carbocycles. The molecule has 1 aliphatic rings. The largest absolute Gasteiger partial charge is 0.479 e. The van der Waals surface area contributed by atoms with Gasteiger partial charge in [0, 0.05) is 11.6 Å². The van der Waals surface area contributed by atoms with Crippen molar-refractivity contribution in [3.05, 3.63) is 70.6 Å². The summed E-state index contributed by atoms with van der Waals surface area (Å²) in [5.41, 5.74) is 1.17. The summed E-state index contributed by atoms with van der Waals surface area (Å²) in [6, 6.07) is 16.4. The second-order valence-corrected chi connectivity index (χ2v) is 6.79. The molecular formula is C21H19NO4. The highest BCUT2D eigenvalue weighted by Gasteiger charge is 2.44. The molecular weight excluding hydrogens is 330 g/mol. The van der Waals surface area contributed by atoms with Crippen LogP contribution in [0.5, 0.6) is 5.75 Å². The van der Waals surface area contributed by atoms with Gasteiger partial charge in [0.15, 0.2) is 6.10 Å². The maximum absolute atomic E-state index is 12.9. The monoisotopic (exact) mass is 349 g/mol. The molecule has 0 fully saturated rings. The molecule has 1 aromatic heterocycles. The summed E-state index contributed by atoms with van der Waals surface area (Å²) >= 11 is 0. The van der Waals surface area contributed by atoms with E-state index < -0.39 is 11.7 Å². The summed E-state index contributed by atoms with van der Waals surface area (Å²) in [5.74, 6) is -0.139. The fourth-order valence-electron chi connectivity index (χ4n) is 3.54. The number of hydrogen-bond acceptors (Lipinski definition) is 4. The number of para-hydroxylation sites is 2. The van der Waals surface area contributed by atoms with E-state index in [9.17, 15) is 9.59 Å². The van der Waals surface area contributed by atoms with E-state index in [0.29, 0.717) is 28.0 Å². The molecule has 1 N–H and O–H groups in total. The Kier molecular flexibility index (Phi) is 3.99. The Balaban J connectivity index is 1.77. The van der Waals surface area contributed by atoms with Gasteiger partial charge in [-0.15, -0.1) is 0 Å². The SMILES string of the molecule is CC(C)C1c2c(c3ccccc3oc2=O)OC1C(=O)Nc1ccccc1.